The van der Waals surface area contributed by atoms with Gasteiger partial charge in [0.15, 0.2) is 17.5 Å². The first-order valence-corrected chi connectivity index (χ1v) is 8.22. The summed E-state index contributed by atoms with van der Waals surface area (Å²) < 4.78 is 21.3. The molecule has 0 saturated heterocycles. The van der Waals surface area contributed by atoms with Crippen LogP contribution in [0.1, 0.15) is 6.42 Å². The van der Waals surface area contributed by atoms with Crippen molar-refractivity contribution in [3.8, 4) is 23.0 Å². The van der Waals surface area contributed by atoms with E-state index in [1.165, 1.54) is 0 Å². The molecule has 2 rings (SSSR count). The highest BCUT2D eigenvalue weighted by Crippen LogP contribution is 2.29. The molecular formula is C19H25N3O4. The molecular weight excluding hydrogens is 334 g/mol. The Morgan fingerprint density at radius 3 is 2.46 bits per heavy atom. The van der Waals surface area contributed by atoms with Crippen LogP contribution in [0.4, 0.5) is 5.69 Å². The van der Waals surface area contributed by atoms with Gasteiger partial charge in [0.05, 0.1) is 27.9 Å². The highest BCUT2D eigenvalue weighted by molar-refractivity contribution is 5.92. The van der Waals surface area contributed by atoms with Gasteiger partial charge in [-0.25, -0.2) is 0 Å². The lowest BCUT2D eigenvalue weighted by Gasteiger charge is -2.11. The molecule has 0 amide bonds. The van der Waals surface area contributed by atoms with Gasteiger partial charge in [0.25, 0.3) is 0 Å². The first-order chi connectivity index (χ1) is 12.7. The Hall–Kier alpha value is -3.09. The van der Waals surface area contributed by atoms with Gasteiger partial charge in [-0.3, -0.25) is 4.99 Å². The molecule has 0 aromatic heterocycles. The molecule has 3 N–H and O–H groups in total. The lowest BCUT2D eigenvalue weighted by molar-refractivity contribution is 0.311. The molecule has 0 aliphatic heterocycles. The summed E-state index contributed by atoms with van der Waals surface area (Å²) in [5.41, 5.74) is 6.68. The SMILES string of the molecule is COc1cccc(OCCCN=C(N)Nc2ccc(OC)c(OC)c2)c1. The molecule has 0 atom stereocenters. The fourth-order valence-electron chi connectivity index (χ4n) is 2.25. The lowest BCUT2D eigenvalue weighted by atomic mass is 10.3. The number of methoxy groups -OCH3 is 3. The molecule has 0 bridgehead atoms. The zero-order valence-corrected chi connectivity index (χ0v) is 15.3. The molecule has 0 spiro atoms. The molecule has 0 unspecified atom stereocenters. The zero-order chi connectivity index (χ0) is 18.8. The van der Waals surface area contributed by atoms with Crippen molar-refractivity contribution in [3.05, 3.63) is 42.5 Å². The molecule has 2 aromatic rings. The van der Waals surface area contributed by atoms with Crippen molar-refractivity contribution in [2.45, 2.75) is 6.42 Å². The molecule has 0 heterocycles. The van der Waals surface area contributed by atoms with Crippen LogP contribution in [0, 0.1) is 0 Å². The van der Waals surface area contributed by atoms with E-state index in [1.54, 1.807) is 33.5 Å². The normalized spacial score (nSPS) is 11.0. The molecule has 0 aliphatic carbocycles. The van der Waals surface area contributed by atoms with Crippen LogP contribution in [0.3, 0.4) is 0 Å². The highest BCUT2D eigenvalue weighted by atomic mass is 16.5. The van der Waals surface area contributed by atoms with Gasteiger partial charge in [-0.1, -0.05) is 6.07 Å². The van der Waals surface area contributed by atoms with Gasteiger partial charge in [0.2, 0.25) is 0 Å². The van der Waals surface area contributed by atoms with Crippen LogP contribution >= 0.6 is 0 Å². The molecule has 0 aliphatic rings. The average Bonchev–Trinajstić information content (AvgIpc) is 2.67. The monoisotopic (exact) mass is 359 g/mol. The van der Waals surface area contributed by atoms with Gasteiger partial charge in [-0.2, -0.15) is 0 Å². The number of ether oxygens (including phenoxy) is 4. The van der Waals surface area contributed by atoms with Crippen LogP contribution < -0.4 is 30.0 Å². The average molecular weight is 359 g/mol. The second kappa shape index (κ2) is 10.0. The van der Waals surface area contributed by atoms with Crippen molar-refractivity contribution >= 4 is 11.6 Å². The van der Waals surface area contributed by atoms with Crippen molar-refractivity contribution in [1.82, 2.24) is 0 Å². The Labute approximate surface area is 153 Å². The summed E-state index contributed by atoms with van der Waals surface area (Å²) in [7, 11) is 4.80. The number of hydrogen-bond donors (Lipinski definition) is 2. The van der Waals surface area contributed by atoms with E-state index in [9.17, 15) is 0 Å². The Balaban J connectivity index is 1.77. The van der Waals surface area contributed by atoms with E-state index in [-0.39, 0.29) is 0 Å². The van der Waals surface area contributed by atoms with Gasteiger partial charge < -0.3 is 30.0 Å². The predicted molar refractivity (Wildman–Crippen MR) is 103 cm³/mol. The third kappa shape index (κ3) is 5.77. The number of hydrogen-bond acceptors (Lipinski definition) is 5. The molecule has 7 nitrogen and oxygen atoms in total. The zero-order valence-electron chi connectivity index (χ0n) is 15.3. The van der Waals surface area contributed by atoms with Gasteiger partial charge in [0, 0.05) is 30.8 Å². The smallest absolute Gasteiger partial charge is 0.193 e. The summed E-state index contributed by atoms with van der Waals surface area (Å²) >= 11 is 0. The topological polar surface area (TPSA) is 87.3 Å². The van der Waals surface area contributed by atoms with Crippen molar-refractivity contribution in [1.29, 1.82) is 0 Å². The van der Waals surface area contributed by atoms with Crippen LogP contribution in [0.15, 0.2) is 47.5 Å². The molecule has 0 saturated carbocycles. The van der Waals surface area contributed by atoms with E-state index >= 15 is 0 Å². The van der Waals surface area contributed by atoms with Crippen molar-refractivity contribution in [2.24, 2.45) is 10.7 Å². The Morgan fingerprint density at radius 1 is 0.962 bits per heavy atom. The van der Waals surface area contributed by atoms with E-state index in [4.69, 9.17) is 24.7 Å². The van der Waals surface area contributed by atoms with Crippen LogP contribution in [0.25, 0.3) is 0 Å². The van der Waals surface area contributed by atoms with Gasteiger partial charge >= 0.3 is 0 Å². The standard InChI is InChI=1S/C19H25N3O4/c1-23-15-6-4-7-16(13-15)26-11-5-10-21-19(20)22-14-8-9-17(24-2)18(12-14)25-3/h4,6-9,12-13H,5,10-11H2,1-3H3,(H3,20,21,22). The minimum absolute atomic E-state index is 0.332. The number of rotatable bonds is 9. The number of guanidine groups is 1. The number of aliphatic imine (C=N–C) groups is 1. The Kier molecular flexibility index (Phi) is 7.42. The number of nitrogens with zero attached hydrogens (tertiary/aromatic N) is 1. The number of nitrogens with one attached hydrogen (secondary N) is 1. The van der Waals surface area contributed by atoms with Crippen LogP contribution in [0.2, 0.25) is 0 Å². The van der Waals surface area contributed by atoms with Gasteiger partial charge in [0.1, 0.15) is 11.5 Å². The number of benzene rings is 2. The molecule has 2 aromatic carbocycles. The molecule has 26 heavy (non-hydrogen) atoms. The van der Waals surface area contributed by atoms with E-state index < -0.39 is 0 Å². The Morgan fingerprint density at radius 2 is 1.73 bits per heavy atom. The molecule has 0 radical (unpaired) electrons. The number of nitrogens with two attached hydrogens (primary N) is 1. The fourth-order valence-corrected chi connectivity index (χ4v) is 2.25. The van der Waals surface area contributed by atoms with E-state index in [2.05, 4.69) is 10.3 Å². The molecule has 140 valence electrons. The maximum Gasteiger partial charge on any atom is 0.193 e. The first-order valence-electron chi connectivity index (χ1n) is 8.22. The lowest BCUT2D eigenvalue weighted by Crippen LogP contribution is -2.23. The first kappa shape index (κ1) is 19.2. The predicted octanol–water partition coefficient (Wildman–Crippen LogP) is 2.91. The van der Waals surface area contributed by atoms with Crippen molar-refractivity contribution in [3.63, 3.8) is 0 Å². The van der Waals surface area contributed by atoms with Crippen LogP contribution in [-0.2, 0) is 0 Å². The minimum atomic E-state index is 0.332. The van der Waals surface area contributed by atoms with Crippen molar-refractivity contribution in [2.75, 3.05) is 39.8 Å². The third-order valence-corrected chi connectivity index (χ3v) is 3.55. The maximum absolute atomic E-state index is 5.91. The summed E-state index contributed by atoms with van der Waals surface area (Å²) in [6.07, 6.45) is 0.742. The molecule has 7 heteroatoms. The highest BCUT2D eigenvalue weighted by Gasteiger charge is 2.05. The quantitative estimate of drug-likeness (QED) is 0.407. The van der Waals surface area contributed by atoms with Crippen molar-refractivity contribution < 1.29 is 18.9 Å². The van der Waals surface area contributed by atoms with Gasteiger partial charge in [-0.05, 0) is 24.3 Å². The van der Waals surface area contributed by atoms with E-state index in [0.29, 0.717) is 30.6 Å². The second-order valence-electron chi connectivity index (χ2n) is 5.34. The largest absolute Gasteiger partial charge is 0.497 e. The summed E-state index contributed by atoms with van der Waals surface area (Å²) in [6, 6.07) is 12.9. The van der Waals surface area contributed by atoms with Gasteiger partial charge in [-0.15, -0.1) is 0 Å². The Bertz CT molecular complexity index is 734. The maximum atomic E-state index is 5.91. The summed E-state index contributed by atoms with van der Waals surface area (Å²) in [6.45, 7) is 1.09. The second-order valence-corrected chi connectivity index (χ2v) is 5.34. The van der Waals surface area contributed by atoms with Crippen LogP contribution in [0.5, 0.6) is 23.0 Å². The summed E-state index contributed by atoms with van der Waals surface area (Å²) in [4.78, 5) is 4.29. The third-order valence-electron chi connectivity index (χ3n) is 3.55. The minimum Gasteiger partial charge on any atom is -0.497 e. The van der Waals surface area contributed by atoms with E-state index in [0.717, 1.165) is 23.6 Å². The van der Waals surface area contributed by atoms with Crippen LogP contribution in [-0.4, -0.2) is 40.4 Å². The summed E-state index contributed by atoms with van der Waals surface area (Å²) in [5.74, 6) is 3.15. The fraction of sp³-hybridized carbons (Fsp3) is 0.316. The molecule has 0 fully saturated rings. The summed E-state index contributed by atoms with van der Waals surface area (Å²) in [5, 5.41) is 3.03. The van der Waals surface area contributed by atoms with E-state index in [1.807, 2.05) is 30.3 Å². The number of anilines is 1.